The van der Waals surface area contributed by atoms with Gasteiger partial charge in [0, 0.05) is 4.90 Å². The molecule has 6 heteroatoms. The molecule has 0 bridgehead atoms. The van der Waals surface area contributed by atoms with Crippen LogP contribution in [-0.2, 0) is 9.84 Å². The van der Waals surface area contributed by atoms with Crippen LogP contribution in [0.2, 0.25) is 0 Å². The van der Waals surface area contributed by atoms with E-state index in [0.29, 0.717) is 4.21 Å². The molecule has 0 aliphatic rings. The van der Waals surface area contributed by atoms with Crippen LogP contribution >= 0.6 is 23.1 Å². The number of sulfone groups is 1. The van der Waals surface area contributed by atoms with Crippen molar-refractivity contribution in [1.82, 2.24) is 4.98 Å². The average Bonchev–Trinajstić information content (AvgIpc) is 2.90. The molecule has 0 saturated carbocycles. The van der Waals surface area contributed by atoms with Gasteiger partial charge >= 0.3 is 0 Å². The molecule has 1 heterocycles. The van der Waals surface area contributed by atoms with E-state index >= 15 is 0 Å². The van der Waals surface area contributed by atoms with Gasteiger partial charge in [0.05, 0.1) is 9.90 Å². The summed E-state index contributed by atoms with van der Waals surface area (Å²) >= 11 is 2.84. The number of nitrogens with zero attached hydrogens (tertiary/aromatic N) is 1. The maximum atomic E-state index is 12.9. The highest BCUT2D eigenvalue weighted by Crippen LogP contribution is 2.39. The van der Waals surface area contributed by atoms with E-state index in [4.69, 9.17) is 0 Å². The number of aromatic nitrogens is 1. The van der Waals surface area contributed by atoms with E-state index in [2.05, 4.69) is 4.98 Å². The first kappa shape index (κ1) is 16.2. The maximum absolute atomic E-state index is 12.9. The smallest absolute Gasteiger partial charge is 0.225 e. The summed E-state index contributed by atoms with van der Waals surface area (Å²) in [5, 5.41) is 0.895. The molecule has 3 rings (SSSR count). The highest BCUT2D eigenvalue weighted by Gasteiger charge is 2.26. The van der Waals surface area contributed by atoms with Gasteiger partial charge in [0.15, 0.2) is 5.03 Å². The minimum atomic E-state index is -3.61. The molecular formula is C17H15NO2S3. The minimum absolute atomic E-state index is 0.151. The van der Waals surface area contributed by atoms with Crippen LogP contribution < -0.4 is 0 Å². The van der Waals surface area contributed by atoms with Crippen LogP contribution in [0.4, 0.5) is 0 Å². The lowest BCUT2D eigenvalue weighted by Gasteiger charge is -2.05. The zero-order valence-corrected chi connectivity index (χ0v) is 15.1. The molecule has 0 saturated heterocycles. The standard InChI is InChI=1S/C17H15NO2S3/c1-12-8-10-15(11-9-12)23(19,20)16-17(21-13(2)18-16)22-14-6-4-3-5-7-14/h3-11H,1-2H3. The Morgan fingerprint density at radius 1 is 0.957 bits per heavy atom. The Balaban J connectivity index is 2.04. The summed E-state index contributed by atoms with van der Waals surface area (Å²) in [6.45, 7) is 3.76. The molecule has 0 aliphatic carbocycles. The van der Waals surface area contributed by atoms with Crippen LogP contribution in [0.1, 0.15) is 10.6 Å². The lowest BCUT2D eigenvalue weighted by Crippen LogP contribution is -2.03. The number of thiazole rings is 1. The molecule has 3 aromatic rings. The molecule has 0 atom stereocenters. The lowest BCUT2D eigenvalue weighted by atomic mass is 10.2. The normalized spacial score (nSPS) is 11.6. The van der Waals surface area contributed by atoms with Gasteiger partial charge in [-0.05, 0) is 38.1 Å². The van der Waals surface area contributed by atoms with Crippen molar-refractivity contribution < 1.29 is 8.42 Å². The zero-order valence-electron chi connectivity index (χ0n) is 12.7. The van der Waals surface area contributed by atoms with Gasteiger partial charge in [-0.2, -0.15) is 0 Å². The van der Waals surface area contributed by atoms with E-state index in [9.17, 15) is 8.42 Å². The Morgan fingerprint density at radius 3 is 2.26 bits per heavy atom. The van der Waals surface area contributed by atoms with E-state index < -0.39 is 9.84 Å². The molecule has 2 aromatic carbocycles. The summed E-state index contributed by atoms with van der Waals surface area (Å²) in [5.74, 6) is 0. The van der Waals surface area contributed by atoms with E-state index in [1.54, 1.807) is 24.3 Å². The third-order valence-electron chi connectivity index (χ3n) is 3.21. The van der Waals surface area contributed by atoms with Crippen LogP contribution in [0.15, 0.2) is 73.6 Å². The van der Waals surface area contributed by atoms with E-state index in [1.807, 2.05) is 44.2 Å². The van der Waals surface area contributed by atoms with Gasteiger partial charge in [0.2, 0.25) is 9.84 Å². The van der Waals surface area contributed by atoms with Crippen molar-refractivity contribution in [1.29, 1.82) is 0 Å². The second kappa shape index (κ2) is 6.47. The van der Waals surface area contributed by atoms with Gasteiger partial charge in [-0.3, -0.25) is 0 Å². The number of hydrogen-bond donors (Lipinski definition) is 0. The molecular weight excluding hydrogens is 346 g/mol. The molecule has 118 valence electrons. The Labute approximate surface area is 144 Å². The van der Waals surface area contributed by atoms with Gasteiger partial charge in [-0.15, -0.1) is 11.3 Å². The Hall–Kier alpha value is -1.63. The monoisotopic (exact) mass is 361 g/mol. The van der Waals surface area contributed by atoms with Crippen LogP contribution in [0, 0.1) is 13.8 Å². The third kappa shape index (κ3) is 3.49. The summed E-state index contributed by atoms with van der Waals surface area (Å²) in [4.78, 5) is 5.56. The predicted molar refractivity (Wildman–Crippen MR) is 94.0 cm³/mol. The summed E-state index contributed by atoms with van der Waals surface area (Å²) in [5.41, 5.74) is 1.03. The van der Waals surface area contributed by atoms with Crippen molar-refractivity contribution in [2.45, 2.75) is 32.9 Å². The quantitative estimate of drug-likeness (QED) is 0.673. The second-order valence-corrected chi connectivity index (χ2v) is 9.47. The number of hydrogen-bond acceptors (Lipinski definition) is 5. The van der Waals surface area contributed by atoms with Crippen LogP contribution in [0.25, 0.3) is 0 Å². The van der Waals surface area contributed by atoms with E-state index in [0.717, 1.165) is 15.5 Å². The van der Waals surface area contributed by atoms with Crippen molar-refractivity contribution in [3.63, 3.8) is 0 Å². The topological polar surface area (TPSA) is 47.0 Å². The Bertz CT molecular complexity index is 914. The predicted octanol–water partition coefficient (Wildman–Crippen LogP) is 4.74. The molecule has 0 spiro atoms. The first-order valence-electron chi connectivity index (χ1n) is 6.99. The second-order valence-electron chi connectivity index (χ2n) is 5.06. The van der Waals surface area contributed by atoms with E-state index in [-0.39, 0.29) is 9.92 Å². The summed E-state index contributed by atoms with van der Waals surface area (Å²) in [7, 11) is -3.61. The van der Waals surface area contributed by atoms with Crippen molar-refractivity contribution in [2.75, 3.05) is 0 Å². The lowest BCUT2D eigenvalue weighted by molar-refractivity contribution is 0.590. The largest absolute Gasteiger partial charge is 0.228 e. The molecule has 3 nitrogen and oxygen atoms in total. The highest BCUT2D eigenvalue weighted by molar-refractivity contribution is 8.02. The molecule has 0 aliphatic heterocycles. The maximum Gasteiger partial charge on any atom is 0.225 e. The Kier molecular flexibility index (Phi) is 4.57. The van der Waals surface area contributed by atoms with Gasteiger partial charge in [0.25, 0.3) is 0 Å². The molecule has 0 fully saturated rings. The molecule has 0 unspecified atom stereocenters. The van der Waals surface area contributed by atoms with Gasteiger partial charge < -0.3 is 0 Å². The van der Waals surface area contributed by atoms with Crippen molar-refractivity contribution in [2.24, 2.45) is 0 Å². The van der Waals surface area contributed by atoms with Gasteiger partial charge in [-0.25, -0.2) is 13.4 Å². The molecule has 0 radical (unpaired) electrons. The minimum Gasteiger partial charge on any atom is -0.228 e. The van der Waals surface area contributed by atoms with Crippen molar-refractivity contribution in [3.8, 4) is 0 Å². The van der Waals surface area contributed by atoms with Crippen LogP contribution in [-0.4, -0.2) is 13.4 Å². The van der Waals surface area contributed by atoms with Crippen LogP contribution in [0.5, 0.6) is 0 Å². The summed E-state index contributed by atoms with van der Waals surface area (Å²) < 4.78 is 26.5. The van der Waals surface area contributed by atoms with Crippen LogP contribution in [0.3, 0.4) is 0 Å². The fraction of sp³-hybridized carbons (Fsp3) is 0.118. The van der Waals surface area contributed by atoms with Gasteiger partial charge in [-0.1, -0.05) is 47.7 Å². The molecule has 0 amide bonds. The van der Waals surface area contributed by atoms with Gasteiger partial charge in [0.1, 0.15) is 4.21 Å². The van der Waals surface area contributed by atoms with Crippen molar-refractivity contribution >= 4 is 32.9 Å². The number of aryl methyl sites for hydroxylation is 2. The SMILES string of the molecule is Cc1ccc(S(=O)(=O)c2nc(C)sc2Sc2ccccc2)cc1. The zero-order chi connectivity index (χ0) is 16.4. The fourth-order valence-electron chi connectivity index (χ4n) is 2.05. The van der Waals surface area contributed by atoms with E-state index in [1.165, 1.54) is 23.1 Å². The molecule has 0 N–H and O–H groups in total. The average molecular weight is 362 g/mol. The Morgan fingerprint density at radius 2 is 1.61 bits per heavy atom. The third-order valence-corrected chi connectivity index (χ3v) is 7.32. The first-order valence-corrected chi connectivity index (χ1v) is 10.1. The highest BCUT2D eigenvalue weighted by atomic mass is 32.2. The number of rotatable bonds is 4. The molecule has 1 aromatic heterocycles. The molecule has 23 heavy (non-hydrogen) atoms. The summed E-state index contributed by atoms with van der Waals surface area (Å²) in [6, 6.07) is 16.6. The summed E-state index contributed by atoms with van der Waals surface area (Å²) in [6.07, 6.45) is 0. The first-order chi connectivity index (χ1) is 11.0. The number of benzene rings is 2. The fourth-order valence-corrected chi connectivity index (χ4v) is 6.20. The van der Waals surface area contributed by atoms with Crippen molar-refractivity contribution in [3.05, 3.63) is 65.2 Å².